The van der Waals surface area contributed by atoms with Gasteiger partial charge in [0.1, 0.15) is 5.01 Å². The van der Waals surface area contributed by atoms with Crippen LogP contribution in [0.2, 0.25) is 0 Å². The lowest BCUT2D eigenvalue weighted by Gasteiger charge is -2.07. The van der Waals surface area contributed by atoms with Crippen LogP contribution < -0.4 is 10.6 Å². The first-order valence-electron chi connectivity index (χ1n) is 8.33. The minimum atomic E-state index is -0.164. The van der Waals surface area contributed by atoms with Gasteiger partial charge in [0, 0.05) is 28.7 Å². The molecule has 1 heterocycles. The second-order valence-electron chi connectivity index (χ2n) is 5.68. The van der Waals surface area contributed by atoms with Crippen molar-refractivity contribution in [1.29, 1.82) is 0 Å². The quantitative estimate of drug-likeness (QED) is 0.699. The fraction of sp³-hybridized carbons (Fsp3) is 0.150. The predicted molar refractivity (Wildman–Crippen MR) is 104 cm³/mol. The Labute approximate surface area is 156 Å². The van der Waals surface area contributed by atoms with E-state index in [1.807, 2.05) is 42.6 Å². The largest absolute Gasteiger partial charge is 0.352 e. The molecule has 0 bridgehead atoms. The normalized spacial score (nSPS) is 10.3. The molecule has 1 aromatic heterocycles. The minimum Gasteiger partial charge on any atom is -0.352 e. The van der Waals surface area contributed by atoms with Crippen LogP contribution >= 0.6 is 11.3 Å². The lowest BCUT2D eigenvalue weighted by Crippen LogP contribution is -2.23. The molecule has 2 N–H and O–H groups in total. The van der Waals surface area contributed by atoms with Gasteiger partial charge in [-0.15, -0.1) is 11.3 Å². The number of thiazole rings is 1. The van der Waals surface area contributed by atoms with E-state index in [1.54, 1.807) is 24.3 Å². The van der Waals surface area contributed by atoms with Crippen molar-refractivity contribution < 1.29 is 9.59 Å². The van der Waals surface area contributed by atoms with Gasteiger partial charge < -0.3 is 10.6 Å². The topological polar surface area (TPSA) is 71.1 Å². The van der Waals surface area contributed by atoms with Gasteiger partial charge in [0.25, 0.3) is 5.91 Å². The first-order chi connectivity index (χ1) is 12.7. The fourth-order valence-corrected chi connectivity index (χ4v) is 3.30. The Morgan fingerprint density at radius 2 is 1.88 bits per heavy atom. The number of hydrogen-bond acceptors (Lipinski definition) is 4. The van der Waals surface area contributed by atoms with Gasteiger partial charge in [-0.05, 0) is 25.1 Å². The van der Waals surface area contributed by atoms with Crippen molar-refractivity contribution in [2.24, 2.45) is 0 Å². The highest BCUT2D eigenvalue weighted by atomic mass is 32.1. The van der Waals surface area contributed by atoms with E-state index in [0.29, 0.717) is 17.8 Å². The van der Waals surface area contributed by atoms with Gasteiger partial charge in [-0.2, -0.15) is 0 Å². The molecule has 0 saturated carbocycles. The molecule has 0 fully saturated rings. The molecule has 6 heteroatoms. The van der Waals surface area contributed by atoms with Crippen LogP contribution in [0.4, 0.5) is 5.69 Å². The molecular weight excluding hydrogens is 346 g/mol. The second kappa shape index (κ2) is 8.40. The number of carbonyl (C=O) groups excluding carboxylic acids is 2. The fourth-order valence-electron chi connectivity index (χ4n) is 2.47. The lowest BCUT2D eigenvalue weighted by atomic mass is 10.2. The number of carbonyl (C=O) groups is 2. The summed E-state index contributed by atoms with van der Waals surface area (Å²) >= 11 is 1.52. The number of hydrogen-bond donors (Lipinski definition) is 2. The number of nitrogens with one attached hydrogen (secondary N) is 2. The maximum Gasteiger partial charge on any atom is 0.251 e. The Hall–Kier alpha value is -2.99. The summed E-state index contributed by atoms with van der Waals surface area (Å²) in [6.45, 7) is 2.42. The Kier molecular flexibility index (Phi) is 5.76. The monoisotopic (exact) mass is 365 g/mol. The molecule has 2 amide bonds. The van der Waals surface area contributed by atoms with Crippen LogP contribution in [-0.2, 0) is 11.2 Å². The number of aromatic nitrogens is 1. The zero-order chi connectivity index (χ0) is 18.4. The third-order valence-electron chi connectivity index (χ3n) is 3.66. The minimum absolute atomic E-state index is 0.157. The molecule has 0 spiro atoms. The molecule has 0 saturated heterocycles. The molecule has 0 radical (unpaired) electrons. The van der Waals surface area contributed by atoms with Crippen LogP contribution in [0.1, 0.15) is 23.0 Å². The summed E-state index contributed by atoms with van der Waals surface area (Å²) in [5, 5.41) is 8.35. The smallest absolute Gasteiger partial charge is 0.251 e. The predicted octanol–water partition coefficient (Wildman–Crippen LogP) is 3.74. The molecule has 0 aliphatic heterocycles. The standard InChI is InChI=1S/C20H19N3O2S/c1-2-21-19(25)15-9-6-10-16(11-15)22-18(24)12-17-13-26-20(23-17)14-7-4-3-5-8-14/h3-11,13H,2,12H2,1H3,(H,21,25)(H,22,24). The third kappa shape index (κ3) is 4.55. The molecule has 0 unspecified atom stereocenters. The summed E-state index contributed by atoms with van der Waals surface area (Å²) in [5.74, 6) is -0.321. The van der Waals surface area contributed by atoms with E-state index in [9.17, 15) is 9.59 Å². The summed E-state index contributed by atoms with van der Waals surface area (Å²) in [5.41, 5.74) is 2.88. The summed E-state index contributed by atoms with van der Waals surface area (Å²) in [6, 6.07) is 16.8. The Balaban J connectivity index is 1.64. The number of anilines is 1. The van der Waals surface area contributed by atoms with Crippen LogP contribution in [0, 0.1) is 0 Å². The van der Waals surface area contributed by atoms with Crippen molar-refractivity contribution in [3.05, 3.63) is 71.2 Å². The van der Waals surface area contributed by atoms with E-state index in [-0.39, 0.29) is 18.2 Å². The lowest BCUT2D eigenvalue weighted by molar-refractivity contribution is -0.115. The molecule has 5 nitrogen and oxygen atoms in total. The molecule has 2 aromatic carbocycles. The van der Waals surface area contributed by atoms with Crippen molar-refractivity contribution in [2.45, 2.75) is 13.3 Å². The highest BCUT2D eigenvalue weighted by Crippen LogP contribution is 2.23. The van der Waals surface area contributed by atoms with Gasteiger partial charge in [0.2, 0.25) is 5.91 Å². The molecule has 0 aliphatic carbocycles. The van der Waals surface area contributed by atoms with Crippen molar-refractivity contribution in [3.8, 4) is 10.6 Å². The van der Waals surface area contributed by atoms with Crippen LogP contribution in [0.15, 0.2) is 60.0 Å². The Bertz CT molecular complexity index is 906. The van der Waals surface area contributed by atoms with Crippen LogP contribution in [0.3, 0.4) is 0 Å². The zero-order valence-electron chi connectivity index (χ0n) is 14.4. The molecule has 3 aromatic rings. The van der Waals surface area contributed by atoms with E-state index in [1.165, 1.54) is 11.3 Å². The number of nitrogens with zero attached hydrogens (tertiary/aromatic N) is 1. The average molecular weight is 365 g/mol. The molecular formula is C20H19N3O2S. The highest BCUT2D eigenvalue weighted by Gasteiger charge is 2.10. The van der Waals surface area contributed by atoms with Crippen LogP contribution in [0.25, 0.3) is 10.6 Å². The average Bonchev–Trinajstić information content (AvgIpc) is 3.11. The van der Waals surface area contributed by atoms with Crippen molar-refractivity contribution >= 4 is 28.8 Å². The molecule has 0 aliphatic rings. The number of amides is 2. The summed E-state index contributed by atoms with van der Waals surface area (Å²) in [6.07, 6.45) is 0.189. The van der Waals surface area contributed by atoms with E-state index in [0.717, 1.165) is 16.3 Å². The number of benzene rings is 2. The maximum atomic E-state index is 12.3. The summed E-state index contributed by atoms with van der Waals surface area (Å²) in [4.78, 5) is 28.7. The van der Waals surface area contributed by atoms with Crippen LogP contribution in [-0.4, -0.2) is 23.3 Å². The van der Waals surface area contributed by atoms with Gasteiger partial charge in [-0.25, -0.2) is 4.98 Å². The van der Waals surface area contributed by atoms with Gasteiger partial charge in [0.05, 0.1) is 12.1 Å². The molecule has 132 valence electrons. The van der Waals surface area contributed by atoms with Gasteiger partial charge in [0.15, 0.2) is 0 Å². The summed E-state index contributed by atoms with van der Waals surface area (Å²) in [7, 11) is 0. The van der Waals surface area contributed by atoms with Crippen molar-refractivity contribution in [2.75, 3.05) is 11.9 Å². The summed E-state index contributed by atoms with van der Waals surface area (Å²) < 4.78 is 0. The Morgan fingerprint density at radius 3 is 2.65 bits per heavy atom. The first-order valence-corrected chi connectivity index (χ1v) is 9.21. The molecule has 26 heavy (non-hydrogen) atoms. The van der Waals surface area contributed by atoms with E-state index in [4.69, 9.17) is 0 Å². The maximum absolute atomic E-state index is 12.3. The highest BCUT2D eigenvalue weighted by molar-refractivity contribution is 7.13. The van der Waals surface area contributed by atoms with Gasteiger partial charge >= 0.3 is 0 Å². The van der Waals surface area contributed by atoms with Gasteiger partial charge in [-0.3, -0.25) is 9.59 Å². The zero-order valence-corrected chi connectivity index (χ0v) is 15.2. The van der Waals surface area contributed by atoms with E-state index in [2.05, 4.69) is 15.6 Å². The molecule has 0 atom stereocenters. The third-order valence-corrected chi connectivity index (χ3v) is 4.60. The van der Waals surface area contributed by atoms with Crippen molar-refractivity contribution in [3.63, 3.8) is 0 Å². The first kappa shape index (κ1) is 17.8. The number of rotatable bonds is 6. The van der Waals surface area contributed by atoms with Crippen LogP contribution in [0.5, 0.6) is 0 Å². The molecule has 3 rings (SSSR count). The second-order valence-corrected chi connectivity index (χ2v) is 6.53. The van der Waals surface area contributed by atoms with Crippen molar-refractivity contribution in [1.82, 2.24) is 10.3 Å². The van der Waals surface area contributed by atoms with E-state index < -0.39 is 0 Å². The van der Waals surface area contributed by atoms with E-state index >= 15 is 0 Å². The van der Waals surface area contributed by atoms with Gasteiger partial charge in [-0.1, -0.05) is 36.4 Å². The Morgan fingerprint density at radius 1 is 1.08 bits per heavy atom. The SMILES string of the molecule is CCNC(=O)c1cccc(NC(=O)Cc2csc(-c3ccccc3)n2)c1.